The molecule has 0 aliphatic rings. The maximum Gasteiger partial charge on any atom is 0.119 e. The van der Waals surface area contributed by atoms with E-state index in [0.29, 0.717) is 12.5 Å². The third kappa shape index (κ3) is 4.31. The standard InChI is InChI=1S/C17H26N4O/c1-13(2)17-16(12-18)19-20-21(17)10-4-5-11-22-15-8-6-14(3)7-9-15/h6-9,13H,4-5,10-12,18H2,1-3H3. The summed E-state index contributed by atoms with van der Waals surface area (Å²) in [5, 5.41) is 8.39. The molecule has 2 aromatic rings. The van der Waals surface area contributed by atoms with E-state index in [0.717, 1.165) is 43.1 Å². The smallest absolute Gasteiger partial charge is 0.119 e. The lowest BCUT2D eigenvalue weighted by atomic mass is 10.1. The summed E-state index contributed by atoms with van der Waals surface area (Å²) >= 11 is 0. The van der Waals surface area contributed by atoms with Crippen LogP contribution in [0.1, 0.15) is 49.6 Å². The van der Waals surface area contributed by atoms with Crippen molar-refractivity contribution in [2.24, 2.45) is 5.73 Å². The summed E-state index contributed by atoms with van der Waals surface area (Å²) in [6.07, 6.45) is 2.00. The molecule has 120 valence electrons. The zero-order valence-electron chi connectivity index (χ0n) is 13.7. The maximum atomic E-state index is 5.74. The third-order valence-electron chi connectivity index (χ3n) is 3.64. The van der Waals surface area contributed by atoms with Crippen LogP contribution in [0.3, 0.4) is 0 Å². The van der Waals surface area contributed by atoms with E-state index in [1.807, 2.05) is 16.8 Å². The van der Waals surface area contributed by atoms with Crippen molar-refractivity contribution in [3.8, 4) is 5.75 Å². The number of ether oxygens (including phenoxy) is 1. The highest BCUT2D eigenvalue weighted by atomic mass is 16.5. The molecule has 0 fully saturated rings. The van der Waals surface area contributed by atoms with E-state index in [-0.39, 0.29) is 0 Å². The number of aryl methyl sites for hydroxylation is 2. The van der Waals surface area contributed by atoms with Gasteiger partial charge in [0.25, 0.3) is 0 Å². The Morgan fingerprint density at radius 2 is 1.91 bits per heavy atom. The van der Waals surface area contributed by atoms with Gasteiger partial charge in [0.05, 0.1) is 18.0 Å². The van der Waals surface area contributed by atoms with Crippen LogP contribution in [-0.4, -0.2) is 21.6 Å². The molecule has 1 heterocycles. The highest BCUT2D eigenvalue weighted by molar-refractivity contribution is 5.26. The molecular weight excluding hydrogens is 276 g/mol. The number of aromatic nitrogens is 3. The van der Waals surface area contributed by atoms with Crippen molar-refractivity contribution in [2.75, 3.05) is 6.61 Å². The van der Waals surface area contributed by atoms with E-state index >= 15 is 0 Å². The summed E-state index contributed by atoms with van der Waals surface area (Å²) in [4.78, 5) is 0. The van der Waals surface area contributed by atoms with Gasteiger partial charge in [-0.2, -0.15) is 0 Å². The van der Waals surface area contributed by atoms with Crippen LogP contribution in [0.5, 0.6) is 5.75 Å². The van der Waals surface area contributed by atoms with E-state index in [2.05, 4.69) is 43.2 Å². The lowest BCUT2D eigenvalue weighted by Gasteiger charge is -2.11. The molecule has 0 unspecified atom stereocenters. The van der Waals surface area contributed by atoms with Crippen molar-refractivity contribution in [1.29, 1.82) is 0 Å². The summed E-state index contributed by atoms with van der Waals surface area (Å²) in [6, 6.07) is 8.15. The molecule has 0 aliphatic carbocycles. The molecule has 0 radical (unpaired) electrons. The minimum Gasteiger partial charge on any atom is -0.494 e. The fraction of sp³-hybridized carbons (Fsp3) is 0.529. The fourth-order valence-electron chi connectivity index (χ4n) is 2.49. The van der Waals surface area contributed by atoms with Crippen LogP contribution >= 0.6 is 0 Å². The van der Waals surface area contributed by atoms with Gasteiger partial charge in [0.1, 0.15) is 5.75 Å². The Kier molecular flexibility index (Phi) is 5.95. The molecule has 5 nitrogen and oxygen atoms in total. The first-order valence-electron chi connectivity index (χ1n) is 7.93. The quantitative estimate of drug-likeness (QED) is 0.761. The fourth-order valence-corrected chi connectivity index (χ4v) is 2.49. The summed E-state index contributed by atoms with van der Waals surface area (Å²) in [6.45, 7) is 8.40. The van der Waals surface area contributed by atoms with Crippen LogP contribution in [0.25, 0.3) is 0 Å². The first kappa shape index (κ1) is 16.5. The van der Waals surface area contributed by atoms with Gasteiger partial charge in [-0.25, -0.2) is 4.68 Å². The van der Waals surface area contributed by atoms with Crippen molar-refractivity contribution >= 4 is 0 Å². The van der Waals surface area contributed by atoms with Gasteiger partial charge in [-0.15, -0.1) is 5.10 Å². The summed E-state index contributed by atoms with van der Waals surface area (Å²) < 4.78 is 7.72. The number of nitrogens with zero attached hydrogens (tertiary/aromatic N) is 3. The number of hydrogen-bond donors (Lipinski definition) is 1. The van der Waals surface area contributed by atoms with Crippen LogP contribution < -0.4 is 10.5 Å². The lowest BCUT2D eigenvalue weighted by Crippen LogP contribution is -2.10. The lowest BCUT2D eigenvalue weighted by molar-refractivity contribution is 0.301. The van der Waals surface area contributed by atoms with Crippen LogP contribution in [0.2, 0.25) is 0 Å². The molecule has 0 amide bonds. The topological polar surface area (TPSA) is 66.0 Å². The minimum atomic E-state index is 0.386. The summed E-state index contributed by atoms with van der Waals surface area (Å²) in [5.41, 5.74) is 9.03. The Labute approximate surface area is 132 Å². The van der Waals surface area contributed by atoms with Gasteiger partial charge in [-0.1, -0.05) is 36.8 Å². The number of hydrogen-bond acceptors (Lipinski definition) is 4. The van der Waals surface area contributed by atoms with Crippen molar-refractivity contribution in [1.82, 2.24) is 15.0 Å². The SMILES string of the molecule is Cc1ccc(OCCCCn2nnc(CN)c2C(C)C)cc1. The van der Waals surface area contributed by atoms with Crippen molar-refractivity contribution in [2.45, 2.75) is 52.6 Å². The molecule has 0 spiro atoms. The number of unbranched alkanes of at least 4 members (excludes halogenated alkanes) is 1. The highest BCUT2D eigenvalue weighted by Gasteiger charge is 2.14. The molecule has 0 bridgehead atoms. The molecule has 0 aliphatic heterocycles. The predicted octanol–water partition coefficient (Wildman–Crippen LogP) is 3.03. The largest absolute Gasteiger partial charge is 0.494 e. The van der Waals surface area contributed by atoms with E-state index < -0.39 is 0 Å². The molecular formula is C17H26N4O. The normalized spacial score (nSPS) is 11.1. The molecule has 1 aromatic heterocycles. The second kappa shape index (κ2) is 7.94. The van der Waals surface area contributed by atoms with Crippen LogP contribution in [0, 0.1) is 6.92 Å². The zero-order chi connectivity index (χ0) is 15.9. The maximum absolute atomic E-state index is 5.74. The average molecular weight is 302 g/mol. The zero-order valence-corrected chi connectivity index (χ0v) is 13.7. The van der Waals surface area contributed by atoms with Crippen molar-refractivity contribution < 1.29 is 4.74 Å². The van der Waals surface area contributed by atoms with Gasteiger partial charge in [-0.3, -0.25) is 0 Å². The molecule has 1 aromatic carbocycles. The van der Waals surface area contributed by atoms with Crippen molar-refractivity contribution in [3.63, 3.8) is 0 Å². The van der Waals surface area contributed by atoms with Crippen molar-refractivity contribution in [3.05, 3.63) is 41.2 Å². The molecule has 0 atom stereocenters. The van der Waals surface area contributed by atoms with Gasteiger partial charge >= 0.3 is 0 Å². The van der Waals surface area contributed by atoms with Crippen LogP contribution in [-0.2, 0) is 13.1 Å². The number of benzene rings is 1. The molecule has 2 rings (SSSR count). The van der Waals surface area contributed by atoms with E-state index in [1.54, 1.807) is 0 Å². The predicted molar refractivity (Wildman–Crippen MR) is 87.9 cm³/mol. The van der Waals surface area contributed by atoms with Gasteiger partial charge in [0.15, 0.2) is 0 Å². The van der Waals surface area contributed by atoms with E-state index in [1.165, 1.54) is 5.56 Å². The van der Waals surface area contributed by atoms with E-state index in [4.69, 9.17) is 10.5 Å². The number of nitrogens with two attached hydrogens (primary N) is 1. The Morgan fingerprint density at radius 1 is 1.18 bits per heavy atom. The Balaban J connectivity index is 1.77. The van der Waals surface area contributed by atoms with Gasteiger partial charge in [-0.05, 0) is 37.8 Å². The minimum absolute atomic E-state index is 0.386. The monoisotopic (exact) mass is 302 g/mol. The van der Waals surface area contributed by atoms with Gasteiger partial charge in [0.2, 0.25) is 0 Å². The van der Waals surface area contributed by atoms with Gasteiger partial charge in [0, 0.05) is 13.1 Å². The Morgan fingerprint density at radius 3 is 2.55 bits per heavy atom. The summed E-state index contributed by atoms with van der Waals surface area (Å²) in [5.74, 6) is 1.32. The average Bonchev–Trinajstić information content (AvgIpc) is 2.92. The second-order valence-corrected chi connectivity index (χ2v) is 5.87. The molecule has 0 saturated heterocycles. The second-order valence-electron chi connectivity index (χ2n) is 5.87. The molecule has 22 heavy (non-hydrogen) atoms. The summed E-state index contributed by atoms with van der Waals surface area (Å²) in [7, 11) is 0. The molecule has 0 saturated carbocycles. The number of rotatable bonds is 8. The molecule has 5 heteroatoms. The first-order valence-corrected chi connectivity index (χ1v) is 7.93. The van der Waals surface area contributed by atoms with E-state index in [9.17, 15) is 0 Å². The Bertz CT molecular complexity index is 575. The first-order chi connectivity index (χ1) is 10.6. The molecule has 2 N–H and O–H groups in total. The highest BCUT2D eigenvalue weighted by Crippen LogP contribution is 2.18. The third-order valence-corrected chi connectivity index (χ3v) is 3.64. The van der Waals surface area contributed by atoms with Crippen LogP contribution in [0.4, 0.5) is 0 Å². The van der Waals surface area contributed by atoms with Crippen LogP contribution in [0.15, 0.2) is 24.3 Å². The van der Waals surface area contributed by atoms with Gasteiger partial charge < -0.3 is 10.5 Å². The Hall–Kier alpha value is -1.88.